The predicted octanol–water partition coefficient (Wildman–Crippen LogP) is 6.63. The molecule has 3 fully saturated rings. The van der Waals surface area contributed by atoms with Crippen LogP contribution in [-0.2, 0) is 81.0 Å². The van der Waals surface area contributed by atoms with Crippen molar-refractivity contribution in [3.8, 4) is 0 Å². The largest absolute Gasteiger partial charge is 0.462 e. The summed E-state index contributed by atoms with van der Waals surface area (Å²) < 4.78 is 51.1. The number of fused-ring (bicyclic) bond motifs is 3. The van der Waals surface area contributed by atoms with Crippen molar-refractivity contribution in [3.05, 3.63) is 36.0 Å². The van der Waals surface area contributed by atoms with Crippen LogP contribution in [0.2, 0.25) is 0 Å². The summed E-state index contributed by atoms with van der Waals surface area (Å²) in [5.74, 6) is -11.2. The van der Waals surface area contributed by atoms with E-state index in [4.69, 9.17) is 42.6 Å². The fourth-order valence-electron chi connectivity index (χ4n) is 11.6. The summed E-state index contributed by atoms with van der Waals surface area (Å²) >= 11 is 0. The predicted molar refractivity (Wildman–Crippen MR) is 287 cm³/mol. The summed E-state index contributed by atoms with van der Waals surface area (Å²) in [6.07, 6.45) is 4.78. The van der Waals surface area contributed by atoms with E-state index in [-0.39, 0.29) is 82.2 Å². The molecule has 20 nitrogen and oxygen atoms in total. The number of methoxy groups -OCH3 is 2. The number of aliphatic hydroxyl groups excluding tert-OH is 1. The number of allylic oxidation sites excluding steroid dienone is 4. The summed E-state index contributed by atoms with van der Waals surface area (Å²) in [5.41, 5.74) is 1.56. The molecule has 0 aromatic rings. The summed E-state index contributed by atoms with van der Waals surface area (Å²) in [5, 5.41) is 24.2. The molecule has 1 unspecified atom stereocenters. The lowest BCUT2D eigenvalue weighted by molar-refractivity contribution is -0.296. The van der Waals surface area contributed by atoms with Gasteiger partial charge in [0.25, 0.3) is 11.7 Å². The number of hydrogen-bond acceptors (Lipinski definition) is 19. The van der Waals surface area contributed by atoms with Crippen LogP contribution in [0.5, 0.6) is 0 Å². The Hall–Kier alpha value is -4.86. The number of carbonyl (C=O) groups is 8. The fraction of sp³-hybridized carbons (Fsp3) is 0.763. The minimum atomic E-state index is -2.49. The molecule has 79 heavy (non-hydrogen) atoms. The average Bonchev–Trinajstić information content (AvgIpc) is 3.42. The molecule has 2 bridgehead atoms. The molecule has 0 spiro atoms. The van der Waals surface area contributed by atoms with Gasteiger partial charge in [-0.3, -0.25) is 33.6 Å². The second-order valence-corrected chi connectivity index (χ2v) is 22.7. The maximum Gasteiger partial charge on any atom is 0.329 e. The summed E-state index contributed by atoms with van der Waals surface area (Å²) in [7, 11) is 3.10. The first kappa shape index (κ1) is 66.7. The molecule has 1 amide bonds. The number of hydrogen-bond donors (Lipinski definition) is 2. The Labute approximate surface area is 466 Å². The van der Waals surface area contributed by atoms with E-state index >= 15 is 0 Å². The lowest BCUT2D eigenvalue weighted by Gasteiger charge is -2.47. The van der Waals surface area contributed by atoms with E-state index < -0.39 is 120 Å². The van der Waals surface area contributed by atoms with Crippen molar-refractivity contribution in [2.75, 3.05) is 40.8 Å². The molecular weight excluding hydrogens is 1030 g/mol. The minimum absolute atomic E-state index is 0.0542. The van der Waals surface area contributed by atoms with Crippen LogP contribution in [0.15, 0.2) is 36.0 Å². The molecule has 1 saturated carbocycles. The minimum Gasteiger partial charge on any atom is -0.462 e. The average molecular weight is 1120 g/mol. The normalized spacial score (nSPS) is 33.0. The summed E-state index contributed by atoms with van der Waals surface area (Å²) in [6.45, 7) is 18.2. The second-order valence-electron chi connectivity index (χ2n) is 22.7. The molecule has 2 N–H and O–H groups in total. The maximum atomic E-state index is 14.6. The van der Waals surface area contributed by atoms with Gasteiger partial charge in [-0.25, -0.2) is 4.79 Å². The molecule has 3 aliphatic heterocycles. The van der Waals surface area contributed by atoms with Gasteiger partial charge >= 0.3 is 29.8 Å². The summed E-state index contributed by atoms with van der Waals surface area (Å²) in [4.78, 5) is 107. The monoisotopic (exact) mass is 1120 g/mol. The Balaban J connectivity index is 1.54. The highest BCUT2D eigenvalue weighted by molar-refractivity contribution is 6.39. The van der Waals surface area contributed by atoms with Gasteiger partial charge in [-0.05, 0) is 107 Å². The van der Waals surface area contributed by atoms with Crippen molar-refractivity contribution in [3.63, 3.8) is 0 Å². The number of cyclic esters (lactones) is 1. The van der Waals surface area contributed by atoms with Gasteiger partial charge in [0.15, 0.2) is 12.9 Å². The van der Waals surface area contributed by atoms with E-state index in [1.165, 1.54) is 18.7 Å². The zero-order chi connectivity index (χ0) is 58.7. The number of ketones is 2. The highest BCUT2D eigenvalue weighted by Crippen LogP contribution is 2.41. The van der Waals surface area contributed by atoms with E-state index in [9.17, 15) is 48.6 Å². The van der Waals surface area contributed by atoms with Gasteiger partial charge < -0.3 is 57.7 Å². The lowest BCUT2D eigenvalue weighted by Crippen LogP contribution is -2.63. The molecule has 4 rings (SSSR count). The van der Waals surface area contributed by atoms with Crippen molar-refractivity contribution in [1.82, 2.24) is 4.90 Å². The summed E-state index contributed by atoms with van der Waals surface area (Å²) in [6, 6.07) is -1.20. The third-order valence-electron chi connectivity index (χ3n) is 16.0. The third kappa shape index (κ3) is 19.7. The maximum absolute atomic E-state index is 14.6. The molecule has 0 radical (unpaired) electrons. The van der Waals surface area contributed by atoms with Crippen LogP contribution in [0.1, 0.15) is 152 Å². The van der Waals surface area contributed by atoms with E-state index in [0.717, 1.165) is 5.57 Å². The Kier molecular flexibility index (Phi) is 27.0. The first-order chi connectivity index (χ1) is 37.3. The molecule has 2 saturated heterocycles. The van der Waals surface area contributed by atoms with Crippen molar-refractivity contribution in [2.45, 2.75) is 207 Å². The topological polar surface area (TPSA) is 263 Å². The molecule has 0 aromatic carbocycles. The van der Waals surface area contributed by atoms with Gasteiger partial charge in [0.2, 0.25) is 5.79 Å². The number of piperidine rings is 1. The second kappa shape index (κ2) is 32.0. The highest BCUT2D eigenvalue weighted by atomic mass is 16.7. The highest BCUT2D eigenvalue weighted by Gasteiger charge is 2.56. The van der Waals surface area contributed by atoms with Crippen LogP contribution in [0.3, 0.4) is 0 Å². The zero-order valence-electron chi connectivity index (χ0n) is 48.6. The standard InChI is InChI=1S/C59H91NO19/c1-13-17-44-24-35(4)22-34(3)23-43(14-2)55-51(72-12)28-38(7)59(70,79-55)56(67)57(68)60-21-16-15-18-46(60)58(69)78-54(39(8)47(63)30-48(44)64)37(6)27-42-19-20-49(50(29-42)71-11)75-33-76-52(65)25-36(5)26-53(66)77-45(31-73-40(9)61)32-74-41(10)62/h13,24,27,34,36,38-39,42-47,49-51,54-55,63,70H,1,14-23,25-26,28-33H2,2-12H3/b35-24+,37-27+/t34-,36?,38+,39+,42-,43-,44+,46-,47-,49+,50+,51-,54+,55+,59+/m0/s1. The van der Waals surface area contributed by atoms with Crippen molar-refractivity contribution < 1.29 is 91.2 Å². The van der Waals surface area contributed by atoms with E-state index in [0.29, 0.717) is 63.4 Å². The van der Waals surface area contributed by atoms with Crippen LogP contribution in [-0.4, -0.2) is 158 Å². The van der Waals surface area contributed by atoms with Crippen LogP contribution in [0, 0.1) is 41.4 Å². The van der Waals surface area contributed by atoms with E-state index in [1.54, 1.807) is 48.0 Å². The van der Waals surface area contributed by atoms with Gasteiger partial charge in [-0.2, -0.15) is 0 Å². The van der Waals surface area contributed by atoms with Gasteiger partial charge in [0.1, 0.15) is 31.1 Å². The van der Waals surface area contributed by atoms with Gasteiger partial charge in [-0.1, -0.05) is 64.8 Å². The SMILES string of the molecule is C=CC[C@@H]1/C=C(\C)C[C@H](C)C[C@H](CC)[C@H]2O[C@@](O)(C(=O)C(=O)N3CCCC[C@H]3C(=O)O[C@H](/C(C)=C/[C@@H]3CC[C@@H](OCOC(=O)CC(C)CC(=O)OC(COC(C)=O)COC(C)=O)[C@H](OC)C3)[C@H](C)[C@@H](O)CC1=O)[C@H](C)C[C@@H]2OC. The molecule has 3 heterocycles. The molecule has 1 aliphatic carbocycles. The molecule has 446 valence electrons. The van der Waals surface area contributed by atoms with Crippen molar-refractivity contribution in [1.29, 1.82) is 0 Å². The number of ether oxygens (including phenoxy) is 9. The number of aliphatic hydroxyl groups is 2. The van der Waals surface area contributed by atoms with Gasteiger partial charge in [-0.15, -0.1) is 6.58 Å². The van der Waals surface area contributed by atoms with Crippen molar-refractivity contribution >= 4 is 47.3 Å². The number of rotatable bonds is 19. The first-order valence-corrected chi connectivity index (χ1v) is 28.3. The molecule has 15 atom stereocenters. The lowest BCUT2D eigenvalue weighted by atomic mass is 9.78. The Morgan fingerprint density at radius 3 is 2.15 bits per heavy atom. The van der Waals surface area contributed by atoms with Gasteiger partial charge in [0, 0.05) is 71.6 Å². The van der Waals surface area contributed by atoms with Crippen LogP contribution in [0.4, 0.5) is 0 Å². The van der Waals surface area contributed by atoms with E-state index in [2.05, 4.69) is 13.5 Å². The molecule has 20 heteroatoms. The molecule has 4 aliphatic rings. The zero-order valence-corrected chi connectivity index (χ0v) is 48.6. The quantitative estimate of drug-likeness (QED) is 0.0452. The molecule has 0 aromatic heterocycles. The van der Waals surface area contributed by atoms with Crippen molar-refractivity contribution in [2.24, 2.45) is 41.4 Å². The van der Waals surface area contributed by atoms with Crippen LogP contribution in [0.25, 0.3) is 0 Å². The van der Waals surface area contributed by atoms with Crippen LogP contribution >= 0.6 is 0 Å². The van der Waals surface area contributed by atoms with Gasteiger partial charge in [0.05, 0.1) is 30.5 Å². The number of esters is 5. The van der Waals surface area contributed by atoms with Crippen LogP contribution < -0.4 is 0 Å². The smallest absolute Gasteiger partial charge is 0.329 e. The Morgan fingerprint density at radius 1 is 0.873 bits per heavy atom. The Bertz CT molecular complexity index is 2140. The third-order valence-corrected chi connectivity index (χ3v) is 16.0. The number of Topliss-reactive ketones (excluding diaryl/α,β-unsaturated/α-hetero) is 2. The Morgan fingerprint density at radius 2 is 1.53 bits per heavy atom. The molecular formula is C59H91NO19. The first-order valence-electron chi connectivity index (χ1n) is 28.3. The number of nitrogens with zero attached hydrogens (tertiary/aromatic N) is 1. The number of carbonyl (C=O) groups excluding carboxylic acids is 8. The van der Waals surface area contributed by atoms with E-state index in [1.807, 2.05) is 26.0 Å². The number of amides is 1. The fourth-order valence-corrected chi connectivity index (χ4v) is 11.6.